The predicted octanol–water partition coefficient (Wildman–Crippen LogP) is 2.82. The summed E-state index contributed by atoms with van der Waals surface area (Å²) in [7, 11) is 0. The summed E-state index contributed by atoms with van der Waals surface area (Å²) in [5, 5.41) is 0. The molecule has 2 N–H and O–H groups in total. The van der Waals surface area contributed by atoms with Crippen LogP contribution in [0.25, 0.3) is 22.1 Å². The molecule has 1 saturated heterocycles. The summed E-state index contributed by atoms with van der Waals surface area (Å²) in [5.74, 6) is 1.90. The lowest BCUT2D eigenvalue weighted by molar-refractivity contribution is 0.00578. The highest BCUT2D eigenvalue weighted by atomic mass is 16.5. The Morgan fingerprint density at radius 2 is 0.895 bits per heavy atom. The van der Waals surface area contributed by atoms with Gasteiger partial charge in [0.2, 0.25) is 0 Å². The van der Waals surface area contributed by atoms with Gasteiger partial charge in [-0.15, -0.1) is 0 Å². The zero-order valence-electron chi connectivity index (χ0n) is 21.9. The van der Waals surface area contributed by atoms with Crippen molar-refractivity contribution in [3.8, 4) is 0 Å². The van der Waals surface area contributed by atoms with Crippen molar-refractivity contribution in [2.24, 2.45) is 0 Å². The molecule has 0 aliphatic carbocycles. The fraction of sp³-hybridized carbons (Fsp3) is 0.500. The Kier molecular flexibility index (Phi) is 10.1. The van der Waals surface area contributed by atoms with E-state index in [1.807, 2.05) is 36.4 Å². The maximum atomic E-state index is 5.88. The van der Waals surface area contributed by atoms with E-state index in [2.05, 4.69) is 31.9 Å². The van der Waals surface area contributed by atoms with Gasteiger partial charge in [-0.25, -0.2) is 9.97 Å². The molecule has 10 nitrogen and oxygen atoms in total. The smallest absolute Gasteiger partial charge is 0.121 e. The van der Waals surface area contributed by atoms with Crippen LogP contribution < -0.4 is 0 Å². The molecule has 0 bridgehead atoms. The number of imidazole rings is 2. The third kappa shape index (κ3) is 8.07. The summed E-state index contributed by atoms with van der Waals surface area (Å²) >= 11 is 0. The van der Waals surface area contributed by atoms with Crippen LogP contribution in [0.4, 0.5) is 0 Å². The standard InChI is InChI=1S/C28H38N6O4/c1-2-6-24-23(5-1)29-27(30-24)21-33-9-13-35-17-19-37-15-11-34(12-16-38-20-18-36-14-10-33)22-28-31-25-7-3-4-8-26(25)32-28/h1-8H,9-22H2,(H,29,30)(H,31,32). The van der Waals surface area contributed by atoms with Crippen molar-refractivity contribution in [2.75, 3.05) is 79.0 Å². The van der Waals surface area contributed by atoms with Gasteiger partial charge >= 0.3 is 0 Å². The third-order valence-electron chi connectivity index (χ3n) is 6.58. The van der Waals surface area contributed by atoms with Crippen molar-refractivity contribution >= 4 is 22.1 Å². The van der Waals surface area contributed by atoms with Crippen LogP contribution in [-0.4, -0.2) is 109 Å². The fourth-order valence-electron chi connectivity index (χ4n) is 4.54. The highest BCUT2D eigenvalue weighted by molar-refractivity contribution is 5.75. The molecule has 3 heterocycles. The number of aromatic amines is 2. The molecule has 0 amide bonds. The molecule has 38 heavy (non-hydrogen) atoms. The summed E-state index contributed by atoms with van der Waals surface area (Å²) in [5.41, 5.74) is 4.09. The average molecular weight is 523 g/mol. The Labute approximate surface area is 223 Å². The van der Waals surface area contributed by atoms with Gasteiger partial charge in [0, 0.05) is 26.2 Å². The number of nitrogens with zero attached hydrogens (tertiary/aromatic N) is 4. The number of hydrogen-bond donors (Lipinski definition) is 2. The molecule has 5 rings (SSSR count). The van der Waals surface area contributed by atoms with Crippen molar-refractivity contribution < 1.29 is 18.9 Å². The maximum absolute atomic E-state index is 5.88. The van der Waals surface area contributed by atoms with Gasteiger partial charge in [0.25, 0.3) is 0 Å². The monoisotopic (exact) mass is 522 g/mol. The van der Waals surface area contributed by atoms with E-state index in [1.54, 1.807) is 0 Å². The van der Waals surface area contributed by atoms with Crippen LogP contribution in [0.3, 0.4) is 0 Å². The van der Waals surface area contributed by atoms with Gasteiger partial charge in [-0.1, -0.05) is 24.3 Å². The van der Waals surface area contributed by atoms with Crippen molar-refractivity contribution in [3.63, 3.8) is 0 Å². The molecule has 204 valence electrons. The van der Waals surface area contributed by atoms with E-state index in [0.717, 1.165) is 73.0 Å². The van der Waals surface area contributed by atoms with E-state index in [-0.39, 0.29) is 0 Å². The molecule has 0 spiro atoms. The number of ether oxygens (including phenoxy) is 4. The molecule has 1 fully saturated rings. The first-order chi connectivity index (χ1) is 18.8. The minimum Gasteiger partial charge on any atom is -0.378 e. The first-order valence-electron chi connectivity index (χ1n) is 13.5. The molecule has 0 radical (unpaired) electrons. The number of rotatable bonds is 4. The molecular weight excluding hydrogens is 484 g/mol. The Hall–Kier alpha value is -2.86. The van der Waals surface area contributed by atoms with E-state index < -0.39 is 0 Å². The molecule has 2 aromatic heterocycles. The van der Waals surface area contributed by atoms with Crippen LogP contribution in [0.15, 0.2) is 48.5 Å². The zero-order valence-corrected chi connectivity index (χ0v) is 21.9. The van der Waals surface area contributed by atoms with Crippen molar-refractivity contribution in [1.29, 1.82) is 0 Å². The third-order valence-corrected chi connectivity index (χ3v) is 6.58. The average Bonchev–Trinajstić information content (AvgIpc) is 3.53. The summed E-state index contributed by atoms with van der Waals surface area (Å²) in [6, 6.07) is 16.2. The van der Waals surface area contributed by atoms with Crippen LogP contribution in [0.5, 0.6) is 0 Å². The number of aromatic nitrogens is 4. The molecule has 0 saturated carbocycles. The number of para-hydroxylation sites is 4. The van der Waals surface area contributed by atoms with Gasteiger partial charge < -0.3 is 28.9 Å². The van der Waals surface area contributed by atoms with Crippen molar-refractivity contribution in [1.82, 2.24) is 29.7 Å². The number of H-pyrrole nitrogens is 2. The van der Waals surface area contributed by atoms with E-state index in [1.165, 1.54) is 0 Å². The number of hydrogen-bond acceptors (Lipinski definition) is 8. The summed E-state index contributed by atoms with van der Waals surface area (Å²) in [6.45, 7) is 9.41. The quantitative estimate of drug-likeness (QED) is 0.422. The molecule has 4 aromatic rings. The summed E-state index contributed by atoms with van der Waals surface area (Å²) in [6.07, 6.45) is 0. The van der Waals surface area contributed by atoms with Gasteiger partial charge in [-0.3, -0.25) is 9.80 Å². The van der Waals surface area contributed by atoms with Gasteiger partial charge in [-0.05, 0) is 24.3 Å². The second kappa shape index (κ2) is 14.3. The SMILES string of the molecule is c1ccc2[nH]c(CN3CCOCCOCCN(Cc4nc5ccccc5[nH]4)CCOCCOCC3)nc2c1. The van der Waals surface area contributed by atoms with E-state index in [4.69, 9.17) is 28.9 Å². The molecule has 1 aliphatic rings. The van der Waals surface area contributed by atoms with Crippen molar-refractivity contribution in [2.45, 2.75) is 13.1 Å². The predicted molar refractivity (Wildman–Crippen MR) is 146 cm³/mol. The minimum atomic E-state index is 0.571. The Morgan fingerprint density at radius 3 is 1.26 bits per heavy atom. The second-order valence-corrected chi connectivity index (χ2v) is 9.40. The van der Waals surface area contributed by atoms with Crippen LogP contribution in [-0.2, 0) is 32.0 Å². The van der Waals surface area contributed by atoms with Gasteiger partial charge in [0.15, 0.2) is 0 Å². The van der Waals surface area contributed by atoms with E-state index in [9.17, 15) is 0 Å². The number of benzene rings is 2. The molecule has 1 aliphatic heterocycles. The second-order valence-electron chi connectivity index (χ2n) is 9.40. The van der Waals surface area contributed by atoms with Crippen LogP contribution >= 0.6 is 0 Å². The van der Waals surface area contributed by atoms with Crippen LogP contribution in [0, 0.1) is 0 Å². The first kappa shape index (κ1) is 26.7. The normalized spacial score (nSPS) is 18.9. The summed E-state index contributed by atoms with van der Waals surface area (Å²) in [4.78, 5) is 20.9. The molecule has 2 aromatic carbocycles. The van der Waals surface area contributed by atoms with Gasteiger partial charge in [0.05, 0.1) is 88.0 Å². The lowest BCUT2D eigenvalue weighted by Gasteiger charge is -2.22. The largest absolute Gasteiger partial charge is 0.378 e. The Balaban J connectivity index is 1.09. The van der Waals surface area contributed by atoms with Crippen molar-refractivity contribution in [3.05, 3.63) is 60.2 Å². The molecule has 0 atom stereocenters. The highest BCUT2D eigenvalue weighted by Gasteiger charge is 2.12. The summed E-state index contributed by atoms with van der Waals surface area (Å²) < 4.78 is 23.5. The molecule has 10 heteroatoms. The van der Waals surface area contributed by atoms with Gasteiger partial charge in [0.1, 0.15) is 11.6 Å². The van der Waals surface area contributed by atoms with Gasteiger partial charge in [-0.2, -0.15) is 0 Å². The minimum absolute atomic E-state index is 0.571. The highest BCUT2D eigenvalue weighted by Crippen LogP contribution is 2.13. The fourth-order valence-corrected chi connectivity index (χ4v) is 4.54. The van der Waals surface area contributed by atoms with Crippen LogP contribution in [0.1, 0.15) is 11.6 Å². The topological polar surface area (TPSA) is 101 Å². The Bertz CT molecular complexity index is 1060. The lowest BCUT2D eigenvalue weighted by Crippen LogP contribution is -2.33. The van der Waals surface area contributed by atoms with E-state index in [0.29, 0.717) is 52.9 Å². The maximum Gasteiger partial charge on any atom is 0.121 e. The number of nitrogens with one attached hydrogen (secondary N) is 2. The van der Waals surface area contributed by atoms with E-state index >= 15 is 0 Å². The molecular formula is C28H38N6O4. The molecule has 0 unspecified atom stereocenters. The number of fused-ring (bicyclic) bond motifs is 2. The Morgan fingerprint density at radius 1 is 0.526 bits per heavy atom. The zero-order chi connectivity index (χ0) is 25.8. The lowest BCUT2D eigenvalue weighted by atomic mass is 10.3. The van der Waals surface area contributed by atoms with Crippen LogP contribution in [0.2, 0.25) is 0 Å². The first-order valence-corrected chi connectivity index (χ1v) is 13.5.